The average molecular weight is 308 g/mol. The summed E-state index contributed by atoms with van der Waals surface area (Å²) in [7, 11) is 1.83. The summed E-state index contributed by atoms with van der Waals surface area (Å²) >= 11 is 0. The van der Waals surface area contributed by atoms with Crippen LogP contribution >= 0.6 is 0 Å². The number of aromatic nitrogens is 1. The van der Waals surface area contributed by atoms with Gasteiger partial charge in [0.05, 0.1) is 0 Å². The molecule has 0 radical (unpaired) electrons. The van der Waals surface area contributed by atoms with E-state index in [0.29, 0.717) is 36.0 Å². The molecule has 5 heteroatoms. The first kappa shape index (κ1) is 14.9. The summed E-state index contributed by atoms with van der Waals surface area (Å²) < 4.78 is 12.7. The molecular formula is C18H16N2O3. The van der Waals surface area contributed by atoms with Gasteiger partial charge in [0, 0.05) is 18.3 Å². The normalized spacial score (nSPS) is 13.1. The van der Waals surface area contributed by atoms with E-state index in [1.807, 2.05) is 14.0 Å². The minimum atomic E-state index is -0.122. The Morgan fingerprint density at radius 1 is 1.26 bits per heavy atom. The first-order valence-electron chi connectivity index (χ1n) is 7.28. The highest BCUT2D eigenvalue weighted by Gasteiger charge is 2.14. The number of hydrogen-bond donors (Lipinski definition) is 0. The molecule has 2 aromatic rings. The fourth-order valence-corrected chi connectivity index (χ4v) is 2.46. The summed E-state index contributed by atoms with van der Waals surface area (Å²) in [6.07, 6.45) is 3.24. The molecule has 0 spiro atoms. The highest BCUT2D eigenvalue weighted by atomic mass is 16.6. The number of fused-ring (bicyclic) bond motifs is 1. The molecule has 2 heterocycles. The molecular weight excluding hydrogens is 292 g/mol. The first-order chi connectivity index (χ1) is 11.1. The molecule has 1 aromatic heterocycles. The standard InChI is InChI=1S/C18H16N2O3/c1-12-13(9-15(11-19)20(12)2)3-5-16(21)14-4-6-17-18(10-14)23-8-7-22-17/h3-6,9-10H,7-8H2,1-2H3. The minimum Gasteiger partial charge on any atom is -0.486 e. The van der Waals surface area contributed by atoms with E-state index in [9.17, 15) is 4.79 Å². The van der Waals surface area contributed by atoms with Crippen molar-refractivity contribution in [2.75, 3.05) is 13.2 Å². The van der Waals surface area contributed by atoms with Crippen LogP contribution in [0.3, 0.4) is 0 Å². The molecule has 3 rings (SSSR count). The molecule has 0 N–H and O–H groups in total. The molecule has 0 unspecified atom stereocenters. The van der Waals surface area contributed by atoms with Crippen molar-refractivity contribution in [3.8, 4) is 17.6 Å². The third-order valence-electron chi connectivity index (χ3n) is 3.93. The number of hydrogen-bond acceptors (Lipinski definition) is 4. The lowest BCUT2D eigenvalue weighted by Gasteiger charge is -2.18. The van der Waals surface area contributed by atoms with Gasteiger partial charge in [0.15, 0.2) is 17.3 Å². The Labute approximate surface area is 134 Å². The zero-order valence-electron chi connectivity index (χ0n) is 13.0. The third kappa shape index (κ3) is 2.84. The lowest BCUT2D eigenvalue weighted by molar-refractivity contribution is 0.104. The maximum atomic E-state index is 12.3. The van der Waals surface area contributed by atoms with Crippen molar-refractivity contribution in [2.45, 2.75) is 6.92 Å². The van der Waals surface area contributed by atoms with Crippen molar-refractivity contribution in [3.63, 3.8) is 0 Å². The maximum Gasteiger partial charge on any atom is 0.185 e. The monoisotopic (exact) mass is 308 g/mol. The Morgan fingerprint density at radius 3 is 2.70 bits per heavy atom. The smallest absolute Gasteiger partial charge is 0.185 e. The second-order valence-corrected chi connectivity index (χ2v) is 5.30. The maximum absolute atomic E-state index is 12.3. The lowest BCUT2D eigenvalue weighted by Crippen LogP contribution is -2.15. The summed E-state index contributed by atoms with van der Waals surface area (Å²) in [5.74, 6) is 1.14. The summed E-state index contributed by atoms with van der Waals surface area (Å²) in [4.78, 5) is 12.3. The quantitative estimate of drug-likeness (QED) is 0.646. The Balaban J connectivity index is 1.83. The van der Waals surface area contributed by atoms with E-state index >= 15 is 0 Å². The fraction of sp³-hybridized carbons (Fsp3) is 0.222. The number of ether oxygens (including phenoxy) is 2. The van der Waals surface area contributed by atoms with Crippen molar-refractivity contribution >= 4 is 11.9 Å². The second kappa shape index (κ2) is 6.01. The summed E-state index contributed by atoms with van der Waals surface area (Å²) in [6.45, 7) is 2.92. The van der Waals surface area contributed by atoms with Crippen molar-refractivity contribution in [1.82, 2.24) is 4.57 Å². The Morgan fingerprint density at radius 2 is 2.00 bits per heavy atom. The minimum absolute atomic E-state index is 0.122. The van der Waals surface area contributed by atoms with Crippen molar-refractivity contribution in [3.05, 3.63) is 52.9 Å². The van der Waals surface area contributed by atoms with Crippen LogP contribution in [0.2, 0.25) is 0 Å². The first-order valence-corrected chi connectivity index (χ1v) is 7.28. The van der Waals surface area contributed by atoms with Crippen LogP contribution in [0.5, 0.6) is 11.5 Å². The third-order valence-corrected chi connectivity index (χ3v) is 3.93. The van der Waals surface area contributed by atoms with Crippen LogP contribution in [-0.2, 0) is 7.05 Å². The van der Waals surface area contributed by atoms with E-state index in [-0.39, 0.29) is 5.78 Å². The van der Waals surface area contributed by atoms with Gasteiger partial charge >= 0.3 is 0 Å². The predicted molar refractivity (Wildman–Crippen MR) is 85.7 cm³/mol. The number of carbonyl (C=O) groups is 1. The summed E-state index contributed by atoms with van der Waals surface area (Å²) in [5.41, 5.74) is 2.90. The Bertz CT molecular complexity index is 841. The van der Waals surface area contributed by atoms with Gasteiger partial charge in [0.1, 0.15) is 25.0 Å². The summed E-state index contributed by atoms with van der Waals surface area (Å²) in [6, 6.07) is 9.05. The van der Waals surface area contributed by atoms with Gasteiger partial charge in [-0.05, 0) is 48.9 Å². The van der Waals surface area contributed by atoms with Crippen LogP contribution in [-0.4, -0.2) is 23.6 Å². The van der Waals surface area contributed by atoms with E-state index in [0.717, 1.165) is 11.3 Å². The molecule has 1 aliphatic rings. The highest BCUT2D eigenvalue weighted by Crippen LogP contribution is 2.31. The molecule has 0 atom stereocenters. The molecule has 0 bridgehead atoms. The van der Waals surface area contributed by atoms with Gasteiger partial charge in [-0.3, -0.25) is 4.79 Å². The van der Waals surface area contributed by atoms with Gasteiger partial charge in [-0.15, -0.1) is 0 Å². The van der Waals surface area contributed by atoms with E-state index in [2.05, 4.69) is 6.07 Å². The van der Waals surface area contributed by atoms with Crippen LogP contribution in [0.25, 0.3) is 6.08 Å². The molecule has 0 fully saturated rings. The Kier molecular flexibility index (Phi) is 3.90. The number of nitriles is 1. The zero-order chi connectivity index (χ0) is 16.4. The second-order valence-electron chi connectivity index (χ2n) is 5.30. The SMILES string of the molecule is Cc1c(C=CC(=O)c2ccc3c(c2)OCCO3)cc(C#N)n1C. The number of nitrogens with zero attached hydrogens (tertiary/aromatic N) is 2. The van der Waals surface area contributed by atoms with Gasteiger partial charge in [0.25, 0.3) is 0 Å². The van der Waals surface area contributed by atoms with Crippen LogP contribution in [0.15, 0.2) is 30.3 Å². The molecule has 0 aliphatic carbocycles. The van der Waals surface area contributed by atoms with Crippen LogP contribution in [0, 0.1) is 18.3 Å². The largest absolute Gasteiger partial charge is 0.486 e. The van der Waals surface area contributed by atoms with Crippen molar-refractivity contribution < 1.29 is 14.3 Å². The van der Waals surface area contributed by atoms with Gasteiger partial charge in [-0.2, -0.15) is 5.26 Å². The van der Waals surface area contributed by atoms with E-state index in [4.69, 9.17) is 14.7 Å². The topological polar surface area (TPSA) is 64.2 Å². The molecule has 1 aliphatic heterocycles. The molecule has 23 heavy (non-hydrogen) atoms. The zero-order valence-corrected chi connectivity index (χ0v) is 13.0. The lowest BCUT2D eigenvalue weighted by atomic mass is 10.1. The van der Waals surface area contributed by atoms with Gasteiger partial charge in [-0.25, -0.2) is 0 Å². The van der Waals surface area contributed by atoms with Crippen LogP contribution in [0.4, 0.5) is 0 Å². The van der Waals surface area contributed by atoms with Crippen LogP contribution < -0.4 is 9.47 Å². The van der Waals surface area contributed by atoms with Crippen molar-refractivity contribution in [2.24, 2.45) is 7.05 Å². The number of rotatable bonds is 3. The molecule has 0 saturated carbocycles. The number of benzene rings is 1. The number of allylic oxidation sites excluding steroid dienone is 1. The van der Waals surface area contributed by atoms with E-state index in [1.165, 1.54) is 6.08 Å². The predicted octanol–water partition coefficient (Wildman–Crippen LogP) is 2.87. The van der Waals surface area contributed by atoms with E-state index in [1.54, 1.807) is 34.9 Å². The highest BCUT2D eigenvalue weighted by molar-refractivity contribution is 6.07. The molecule has 116 valence electrons. The molecule has 0 amide bonds. The van der Waals surface area contributed by atoms with Gasteiger partial charge in [-0.1, -0.05) is 0 Å². The molecule has 1 aromatic carbocycles. The number of carbonyl (C=O) groups excluding carboxylic acids is 1. The van der Waals surface area contributed by atoms with E-state index < -0.39 is 0 Å². The van der Waals surface area contributed by atoms with Gasteiger partial charge in [0.2, 0.25) is 0 Å². The Hall–Kier alpha value is -3.00. The van der Waals surface area contributed by atoms with Gasteiger partial charge < -0.3 is 14.0 Å². The van der Waals surface area contributed by atoms with Crippen LogP contribution in [0.1, 0.15) is 27.3 Å². The average Bonchev–Trinajstić information content (AvgIpc) is 2.87. The summed E-state index contributed by atoms with van der Waals surface area (Å²) in [5, 5.41) is 9.04. The molecule has 0 saturated heterocycles. The number of ketones is 1. The van der Waals surface area contributed by atoms with Crippen molar-refractivity contribution in [1.29, 1.82) is 5.26 Å². The fourth-order valence-electron chi connectivity index (χ4n) is 2.46. The molecule has 5 nitrogen and oxygen atoms in total.